The predicted molar refractivity (Wildman–Crippen MR) is 85.6 cm³/mol. The van der Waals surface area contributed by atoms with E-state index in [-0.39, 0.29) is 18.4 Å². The molecule has 0 aliphatic carbocycles. The summed E-state index contributed by atoms with van der Waals surface area (Å²) in [5, 5.41) is 20.6. The molecule has 1 aliphatic heterocycles. The smallest absolute Gasteiger partial charge is 0.287 e. The zero-order valence-electron chi connectivity index (χ0n) is 12.7. The molecule has 2 unspecified atom stereocenters. The first-order valence-corrected chi connectivity index (χ1v) is 7.46. The number of benzene rings is 2. The van der Waals surface area contributed by atoms with Crippen LogP contribution in [0.3, 0.4) is 0 Å². The molecule has 5 heteroatoms. The summed E-state index contributed by atoms with van der Waals surface area (Å²) in [6, 6.07) is 17.7. The number of hydrogen-bond donors (Lipinski definition) is 1. The van der Waals surface area contributed by atoms with Gasteiger partial charge in [0.05, 0.1) is 29.3 Å². The summed E-state index contributed by atoms with van der Waals surface area (Å²) >= 11 is 0. The fourth-order valence-corrected chi connectivity index (χ4v) is 2.93. The van der Waals surface area contributed by atoms with Crippen molar-refractivity contribution < 1.29 is 9.59 Å². The zero-order chi connectivity index (χ0) is 17.1. The summed E-state index contributed by atoms with van der Waals surface area (Å²) in [5.74, 6) is -1.25. The van der Waals surface area contributed by atoms with Gasteiger partial charge in [0.1, 0.15) is 0 Å². The van der Waals surface area contributed by atoms with E-state index in [1.54, 1.807) is 36.4 Å². The van der Waals surface area contributed by atoms with Crippen molar-refractivity contribution in [2.75, 3.05) is 0 Å². The number of Topliss-reactive ketones (excluding diaryl/α,β-unsaturated/α-hetero) is 1. The number of hydrogen-bond acceptors (Lipinski definition) is 4. The minimum absolute atomic E-state index is 0.113. The van der Waals surface area contributed by atoms with E-state index < -0.39 is 11.7 Å². The second kappa shape index (κ2) is 6.36. The standard InChI is InChI=1S/C19H13N3O2/c20-10-12-1-5-14(6-2-12)16-9-17(23)19(24)22-18(16)15-7-3-13(11-21)4-8-15/h1-8,16,18H,9H2,(H,22,24). The Hall–Kier alpha value is -3.44. The van der Waals surface area contributed by atoms with Crippen LogP contribution in [0.2, 0.25) is 0 Å². The Morgan fingerprint density at radius 2 is 1.33 bits per heavy atom. The molecule has 2 aromatic carbocycles. The molecule has 0 aromatic heterocycles. The molecule has 1 heterocycles. The highest BCUT2D eigenvalue weighted by Gasteiger charge is 2.36. The van der Waals surface area contributed by atoms with Crippen molar-refractivity contribution in [2.45, 2.75) is 18.4 Å². The molecule has 0 radical (unpaired) electrons. The van der Waals surface area contributed by atoms with Crippen molar-refractivity contribution in [1.82, 2.24) is 5.32 Å². The molecule has 2 atom stereocenters. The second-order valence-corrected chi connectivity index (χ2v) is 5.65. The summed E-state index contributed by atoms with van der Waals surface area (Å²) in [5.41, 5.74) is 2.80. The average molecular weight is 315 g/mol. The molecule has 24 heavy (non-hydrogen) atoms. The van der Waals surface area contributed by atoms with E-state index in [1.807, 2.05) is 12.1 Å². The van der Waals surface area contributed by atoms with Crippen LogP contribution in [0.5, 0.6) is 0 Å². The van der Waals surface area contributed by atoms with Crippen LogP contribution in [-0.2, 0) is 9.59 Å². The van der Waals surface area contributed by atoms with Gasteiger partial charge in [0.25, 0.3) is 5.91 Å². The summed E-state index contributed by atoms with van der Waals surface area (Å²) < 4.78 is 0. The van der Waals surface area contributed by atoms with Gasteiger partial charge in [-0.1, -0.05) is 24.3 Å². The Bertz CT molecular complexity index is 795. The number of amides is 1. The van der Waals surface area contributed by atoms with E-state index in [0.29, 0.717) is 11.1 Å². The SMILES string of the molecule is N#Cc1ccc(C2CC(=O)C(=O)NC2c2ccc(C#N)cc2)cc1. The number of ketones is 1. The summed E-state index contributed by atoms with van der Waals surface area (Å²) in [7, 11) is 0. The van der Waals surface area contributed by atoms with Gasteiger partial charge in [-0.3, -0.25) is 9.59 Å². The van der Waals surface area contributed by atoms with E-state index in [2.05, 4.69) is 17.5 Å². The maximum Gasteiger partial charge on any atom is 0.287 e. The normalized spacial score (nSPS) is 19.9. The van der Waals surface area contributed by atoms with Crippen LogP contribution < -0.4 is 5.32 Å². The highest BCUT2D eigenvalue weighted by atomic mass is 16.2. The van der Waals surface area contributed by atoms with Crippen molar-refractivity contribution in [3.8, 4) is 12.1 Å². The summed E-state index contributed by atoms with van der Waals surface area (Å²) in [6.07, 6.45) is 0.113. The van der Waals surface area contributed by atoms with Crippen molar-refractivity contribution in [3.63, 3.8) is 0 Å². The monoisotopic (exact) mass is 315 g/mol. The number of carbonyl (C=O) groups is 2. The Morgan fingerprint density at radius 3 is 1.83 bits per heavy atom. The van der Waals surface area contributed by atoms with Gasteiger partial charge >= 0.3 is 0 Å². The van der Waals surface area contributed by atoms with Crippen molar-refractivity contribution >= 4 is 11.7 Å². The van der Waals surface area contributed by atoms with Crippen molar-refractivity contribution in [2.24, 2.45) is 0 Å². The van der Waals surface area contributed by atoms with Crippen LogP contribution in [0, 0.1) is 22.7 Å². The zero-order valence-corrected chi connectivity index (χ0v) is 12.7. The molecule has 1 amide bonds. The van der Waals surface area contributed by atoms with Gasteiger partial charge in [-0.2, -0.15) is 10.5 Å². The van der Waals surface area contributed by atoms with Crippen LogP contribution in [-0.4, -0.2) is 11.7 Å². The van der Waals surface area contributed by atoms with Gasteiger partial charge in [0.2, 0.25) is 5.78 Å². The molecule has 1 fully saturated rings. The Labute approximate surface area is 139 Å². The highest BCUT2D eigenvalue weighted by Crippen LogP contribution is 2.36. The summed E-state index contributed by atoms with van der Waals surface area (Å²) in [4.78, 5) is 23.7. The quantitative estimate of drug-likeness (QED) is 0.861. The molecular weight excluding hydrogens is 302 g/mol. The molecule has 0 spiro atoms. The third-order valence-corrected chi connectivity index (χ3v) is 4.21. The van der Waals surface area contributed by atoms with Gasteiger partial charge in [0.15, 0.2) is 0 Å². The first-order valence-electron chi connectivity index (χ1n) is 7.46. The van der Waals surface area contributed by atoms with Crippen molar-refractivity contribution in [1.29, 1.82) is 10.5 Å². The molecule has 0 bridgehead atoms. The first-order chi connectivity index (χ1) is 11.6. The first kappa shape index (κ1) is 15.5. The molecule has 2 aromatic rings. The highest BCUT2D eigenvalue weighted by molar-refractivity contribution is 6.37. The lowest BCUT2D eigenvalue weighted by Gasteiger charge is -2.32. The number of nitriles is 2. The van der Waals surface area contributed by atoms with E-state index in [9.17, 15) is 9.59 Å². The van der Waals surface area contributed by atoms with E-state index in [4.69, 9.17) is 10.5 Å². The molecule has 5 nitrogen and oxygen atoms in total. The van der Waals surface area contributed by atoms with Crippen LogP contribution >= 0.6 is 0 Å². The van der Waals surface area contributed by atoms with Gasteiger partial charge in [-0.25, -0.2) is 0 Å². The maximum absolute atomic E-state index is 11.9. The van der Waals surface area contributed by atoms with Gasteiger partial charge < -0.3 is 5.32 Å². The van der Waals surface area contributed by atoms with Gasteiger partial charge in [-0.15, -0.1) is 0 Å². The van der Waals surface area contributed by atoms with E-state index in [0.717, 1.165) is 11.1 Å². The van der Waals surface area contributed by atoms with Crippen LogP contribution in [0.4, 0.5) is 0 Å². The van der Waals surface area contributed by atoms with Gasteiger partial charge in [-0.05, 0) is 35.4 Å². The molecule has 1 N–H and O–H groups in total. The molecule has 1 aliphatic rings. The number of nitrogens with one attached hydrogen (secondary N) is 1. The number of nitrogens with zero attached hydrogens (tertiary/aromatic N) is 2. The second-order valence-electron chi connectivity index (χ2n) is 5.65. The Balaban J connectivity index is 1.98. The molecule has 3 rings (SSSR count). The van der Waals surface area contributed by atoms with E-state index in [1.165, 1.54) is 0 Å². The lowest BCUT2D eigenvalue weighted by molar-refractivity contribution is -0.140. The minimum atomic E-state index is -0.589. The largest absolute Gasteiger partial charge is 0.342 e. The Kier molecular flexibility index (Phi) is 4.09. The fourth-order valence-electron chi connectivity index (χ4n) is 2.93. The van der Waals surface area contributed by atoms with Crippen LogP contribution in [0.25, 0.3) is 0 Å². The van der Waals surface area contributed by atoms with Gasteiger partial charge in [0, 0.05) is 12.3 Å². The molecule has 0 saturated carbocycles. The third-order valence-electron chi connectivity index (χ3n) is 4.21. The minimum Gasteiger partial charge on any atom is -0.342 e. The molecule has 1 saturated heterocycles. The number of carbonyl (C=O) groups excluding carboxylic acids is 2. The lowest BCUT2D eigenvalue weighted by atomic mass is 9.80. The fraction of sp³-hybridized carbons (Fsp3) is 0.158. The predicted octanol–water partition coefficient (Wildman–Crippen LogP) is 2.34. The molecule has 116 valence electrons. The Morgan fingerprint density at radius 1 is 0.833 bits per heavy atom. The van der Waals surface area contributed by atoms with Crippen LogP contribution in [0.1, 0.15) is 40.6 Å². The van der Waals surface area contributed by atoms with E-state index >= 15 is 0 Å². The number of rotatable bonds is 2. The number of piperidine rings is 1. The summed E-state index contributed by atoms with van der Waals surface area (Å²) in [6.45, 7) is 0. The van der Waals surface area contributed by atoms with Crippen molar-refractivity contribution in [3.05, 3.63) is 70.8 Å². The average Bonchev–Trinajstić information content (AvgIpc) is 2.64. The third kappa shape index (κ3) is 2.88. The lowest BCUT2D eigenvalue weighted by Crippen LogP contribution is -2.43. The topological polar surface area (TPSA) is 93.8 Å². The van der Waals surface area contributed by atoms with Crippen LogP contribution in [0.15, 0.2) is 48.5 Å². The molecular formula is C19H13N3O2. The maximum atomic E-state index is 11.9.